The summed E-state index contributed by atoms with van der Waals surface area (Å²) in [6.07, 6.45) is 1.80. The molecule has 3 nitrogen and oxygen atoms in total. The van der Waals surface area contributed by atoms with E-state index < -0.39 is 0 Å². The maximum absolute atomic E-state index is 10.2. The maximum Gasteiger partial charge on any atom is 0.132 e. The molecule has 2 N–H and O–H groups in total. The van der Waals surface area contributed by atoms with Crippen LogP contribution in [0.15, 0.2) is 71.7 Å². The second-order valence-corrected chi connectivity index (χ2v) is 6.25. The number of nitrogens with one attached hydrogen (secondary N) is 1. The van der Waals surface area contributed by atoms with Crippen molar-refractivity contribution < 1.29 is 10.0 Å². The molecule has 0 radical (unpaired) electrons. The summed E-state index contributed by atoms with van der Waals surface area (Å²) in [5.41, 5.74) is 2.06. The van der Waals surface area contributed by atoms with E-state index in [-0.39, 0.29) is 5.75 Å². The summed E-state index contributed by atoms with van der Waals surface area (Å²) < 4.78 is 0. The van der Waals surface area contributed by atoms with Crippen LogP contribution >= 0.6 is 0 Å². The predicted molar refractivity (Wildman–Crippen MR) is 100 cm³/mol. The van der Waals surface area contributed by atoms with Crippen molar-refractivity contribution in [1.29, 1.82) is 0 Å². The number of benzene rings is 3. The molecule has 0 fully saturated rings. The van der Waals surface area contributed by atoms with E-state index in [1.54, 1.807) is 12.3 Å². The predicted octanol–water partition coefficient (Wildman–Crippen LogP) is 2.85. The molecule has 0 saturated heterocycles. The lowest BCUT2D eigenvalue weighted by Crippen LogP contribution is -3.06. The van der Waals surface area contributed by atoms with Crippen LogP contribution in [0, 0.1) is 0 Å². The molecule has 0 saturated carbocycles. The van der Waals surface area contributed by atoms with Gasteiger partial charge in [0, 0.05) is 17.3 Å². The van der Waals surface area contributed by atoms with Crippen molar-refractivity contribution in [3.05, 3.63) is 77.9 Å². The first-order valence-corrected chi connectivity index (χ1v) is 8.22. The Bertz CT molecular complexity index is 841. The van der Waals surface area contributed by atoms with Crippen molar-refractivity contribution >= 4 is 17.0 Å². The summed E-state index contributed by atoms with van der Waals surface area (Å²) in [4.78, 5) is 5.98. The zero-order valence-electron chi connectivity index (χ0n) is 14.1. The van der Waals surface area contributed by atoms with Crippen molar-refractivity contribution in [1.82, 2.24) is 0 Å². The summed E-state index contributed by atoms with van der Waals surface area (Å²) in [6, 6.07) is 22.4. The van der Waals surface area contributed by atoms with Crippen LogP contribution in [0.5, 0.6) is 5.75 Å². The molecule has 0 aliphatic carbocycles. The number of quaternary nitrogens is 1. The lowest BCUT2D eigenvalue weighted by atomic mass is 10.0. The van der Waals surface area contributed by atoms with Gasteiger partial charge in [0.15, 0.2) is 0 Å². The molecule has 3 heteroatoms. The fraction of sp³-hybridized carbons (Fsp3) is 0.190. The van der Waals surface area contributed by atoms with Crippen LogP contribution in [-0.4, -0.2) is 32.0 Å². The van der Waals surface area contributed by atoms with Crippen molar-refractivity contribution in [3.8, 4) is 5.75 Å². The second-order valence-electron chi connectivity index (χ2n) is 6.25. The molecule has 3 aromatic carbocycles. The summed E-state index contributed by atoms with van der Waals surface area (Å²) >= 11 is 0. The van der Waals surface area contributed by atoms with Crippen molar-refractivity contribution in [2.75, 3.05) is 20.6 Å². The van der Waals surface area contributed by atoms with Crippen molar-refractivity contribution in [2.45, 2.75) is 6.04 Å². The van der Waals surface area contributed by atoms with Gasteiger partial charge in [0.05, 0.1) is 20.6 Å². The number of nitrogens with zero attached hydrogens (tertiary/aromatic N) is 1. The zero-order valence-corrected chi connectivity index (χ0v) is 14.1. The molecular weight excluding hydrogens is 296 g/mol. The number of phenolic OH excluding ortho intramolecular Hbond substituents is 1. The Kier molecular flexibility index (Phi) is 4.92. The number of fused-ring (bicyclic) bond motifs is 1. The van der Waals surface area contributed by atoms with E-state index in [9.17, 15) is 5.11 Å². The quantitative estimate of drug-likeness (QED) is 0.697. The molecular formula is C21H23N2O+. The third-order valence-corrected chi connectivity index (χ3v) is 4.35. The van der Waals surface area contributed by atoms with Gasteiger partial charge in [-0.3, -0.25) is 4.99 Å². The van der Waals surface area contributed by atoms with Gasteiger partial charge in [0.25, 0.3) is 0 Å². The standard InChI is InChI=1S/C21H22N2O/c1-23(2)20(17-9-4-3-5-10-17)15-22-14-19-18-11-7-6-8-16(18)12-13-21(19)24/h3-14,20,24H,15H2,1-2H3/p+1/t20-/m0/s1. The minimum atomic E-state index is 0.269. The van der Waals surface area contributed by atoms with E-state index in [1.165, 1.54) is 10.5 Å². The molecule has 0 heterocycles. The number of likely N-dealkylation sites (N-methyl/N-ethyl adjacent to an activating group) is 1. The highest BCUT2D eigenvalue weighted by Crippen LogP contribution is 2.25. The number of aromatic hydroxyl groups is 1. The summed E-state index contributed by atoms with van der Waals surface area (Å²) in [6.45, 7) is 0.676. The van der Waals surface area contributed by atoms with E-state index in [2.05, 4.69) is 43.4 Å². The van der Waals surface area contributed by atoms with Gasteiger partial charge < -0.3 is 10.0 Å². The maximum atomic E-state index is 10.2. The highest BCUT2D eigenvalue weighted by molar-refractivity contribution is 6.02. The van der Waals surface area contributed by atoms with Gasteiger partial charge in [-0.1, -0.05) is 60.7 Å². The van der Waals surface area contributed by atoms with Gasteiger partial charge >= 0.3 is 0 Å². The fourth-order valence-corrected chi connectivity index (χ4v) is 2.98. The van der Waals surface area contributed by atoms with Crippen molar-refractivity contribution in [2.24, 2.45) is 4.99 Å². The van der Waals surface area contributed by atoms with Gasteiger partial charge in [-0.15, -0.1) is 0 Å². The van der Waals surface area contributed by atoms with Gasteiger partial charge in [-0.05, 0) is 16.8 Å². The zero-order chi connectivity index (χ0) is 16.9. The average molecular weight is 319 g/mol. The molecule has 0 aromatic heterocycles. The monoisotopic (exact) mass is 319 g/mol. The van der Waals surface area contributed by atoms with Gasteiger partial charge in [-0.2, -0.15) is 0 Å². The summed E-state index contributed by atoms with van der Waals surface area (Å²) in [7, 11) is 4.28. The molecule has 0 bridgehead atoms. The van der Waals surface area contributed by atoms with Crippen molar-refractivity contribution in [3.63, 3.8) is 0 Å². The molecule has 0 amide bonds. The van der Waals surface area contributed by atoms with Crippen LogP contribution in [0.3, 0.4) is 0 Å². The first-order valence-electron chi connectivity index (χ1n) is 8.22. The SMILES string of the molecule is C[NH+](C)[C@@H](CN=Cc1c(O)ccc2ccccc12)c1ccccc1. The second kappa shape index (κ2) is 7.28. The van der Waals surface area contributed by atoms with Gasteiger partial charge in [0.2, 0.25) is 0 Å². The lowest BCUT2D eigenvalue weighted by molar-refractivity contribution is -0.890. The van der Waals surface area contributed by atoms with Crippen LogP contribution in [0.25, 0.3) is 10.8 Å². The molecule has 0 aliphatic heterocycles. The minimum Gasteiger partial charge on any atom is -0.507 e. The van der Waals surface area contributed by atoms with E-state index in [1.807, 2.05) is 36.4 Å². The van der Waals surface area contributed by atoms with Crippen LogP contribution in [0.1, 0.15) is 17.2 Å². The molecule has 0 unspecified atom stereocenters. The van der Waals surface area contributed by atoms with Gasteiger partial charge in [0.1, 0.15) is 11.8 Å². The normalized spacial score (nSPS) is 13.0. The first kappa shape index (κ1) is 16.2. The van der Waals surface area contributed by atoms with Crippen LogP contribution in [-0.2, 0) is 0 Å². The Morgan fingerprint density at radius 3 is 2.42 bits per heavy atom. The number of hydrogen-bond acceptors (Lipinski definition) is 2. The average Bonchev–Trinajstić information content (AvgIpc) is 2.60. The topological polar surface area (TPSA) is 37.0 Å². The first-order chi connectivity index (χ1) is 11.7. The fourth-order valence-electron chi connectivity index (χ4n) is 2.98. The number of rotatable bonds is 5. The van der Waals surface area contributed by atoms with E-state index in [4.69, 9.17) is 0 Å². The van der Waals surface area contributed by atoms with Gasteiger partial charge in [-0.25, -0.2) is 0 Å². The highest BCUT2D eigenvalue weighted by atomic mass is 16.3. The third kappa shape index (κ3) is 3.47. The molecule has 0 spiro atoms. The Labute approximate surface area is 142 Å². The van der Waals surface area contributed by atoms with Crippen LogP contribution in [0.4, 0.5) is 0 Å². The Balaban J connectivity index is 1.87. The minimum absolute atomic E-state index is 0.269. The number of phenols is 1. The Morgan fingerprint density at radius 2 is 1.67 bits per heavy atom. The van der Waals surface area contributed by atoms with E-state index in [0.717, 1.165) is 16.3 Å². The summed E-state index contributed by atoms with van der Waals surface area (Å²) in [5.74, 6) is 0.269. The summed E-state index contributed by atoms with van der Waals surface area (Å²) in [5, 5.41) is 12.3. The molecule has 122 valence electrons. The van der Waals surface area contributed by atoms with Crippen LogP contribution < -0.4 is 4.90 Å². The molecule has 3 aromatic rings. The molecule has 1 atom stereocenters. The largest absolute Gasteiger partial charge is 0.507 e. The molecule has 3 rings (SSSR count). The Hall–Kier alpha value is -2.65. The molecule has 0 aliphatic rings. The smallest absolute Gasteiger partial charge is 0.132 e. The highest BCUT2D eigenvalue weighted by Gasteiger charge is 2.16. The van der Waals surface area contributed by atoms with E-state index in [0.29, 0.717) is 12.6 Å². The lowest BCUT2D eigenvalue weighted by Gasteiger charge is -2.20. The van der Waals surface area contributed by atoms with Crippen LogP contribution in [0.2, 0.25) is 0 Å². The molecule has 24 heavy (non-hydrogen) atoms. The third-order valence-electron chi connectivity index (χ3n) is 4.35. The Morgan fingerprint density at radius 1 is 0.958 bits per heavy atom. The van der Waals surface area contributed by atoms with E-state index >= 15 is 0 Å². The number of aliphatic imine (C=N–C) groups is 1. The number of hydrogen-bond donors (Lipinski definition) is 2.